The maximum absolute atomic E-state index is 12.5. The number of ether oxygens (including phenoxy) is 5. The van der Waals surface area contributed by atoms with E-state index in [1.54, 1.807) is 0 Å². The zero-order chi connectivity index (χ0) is 20.9. The molecule has 0 radical (unpaired) electrons. The van der Waals surface area contributed by atoms with Crippen molar-refractivity contribution in [2.45, 2.75) is 81.8 Å². The van der Waals surface area contributed by atoms with Crippen molar-refractivity contribution in [2.24, 2.45) is 0 Å². The Morgan fingerprint density at radius 1 is 1.10 bits per heavy atom. The lowest BCUT2D eigenvalue weighted by molar-refractivity contribution is -0.207. The highest BCUT2D eigenvalue weighted by Crippen LogP contribution is 2.33. The van der Waals surface area contributed by atoms with Crippen molar-refractivity contribution in [1.82, 2.24) is 9.55 Å². The number of hydrogen-bond donors (Lipinski definition) is 1. The van der Waals surface area contributed by atoms with E-state index in [4.69, 9.17) is 35.3 Å². The Kier molecular flexibility index (Phi) is 7.61. The van der Waals surface area contributed by atoms with Crippen LogP contribution >= 0.6 is 11.6 Å². The first kappa shape index (κ1) is 22.0. The van der Waals surface area contributed by atoms with E-state index >= 15 is 0 Å². The molecular formula is C20H29ClN2O7. The van der Waals surface area contributed by atoms with Gasteiger partial charge in [0, 0.05) is 31.4 Å². The third-order valence-corrected chi connectivity index (χ3v) is 5.96. The number of hydrogen-bond acceptors (Lipinski definition) is 7. The first-order valence-electron chi connectivity index (χ1n) is 10.7. The molecule has 3 unspecified atom stereocenters. The van der Waals surface area contributed by atoms with Gasteiger partial charge in [-0.05, 0) is 38.5 Å². The Morgan fingerprint density at radius 3 is 2.50 bits per heavy atom. The number of nitrogens with one attached hydrogen (secondary N) is 1. The fourth-order valence-corrected chi connectivity index (χ4v) is 4.26. The molecule has 3 aliphatic heterocycles. The lowest BCUT2D eigenvalue weighted by Crippen LogP contribution is -2.39. The number of aromatic amines is 1. The van der Waals surface area contributed by atoms with E-state index in [0.717, 1.165) is 38.5 Å². The molecule has 0 aliphatic carbocycles. The molecule has 3 saturated heterocycles. The van der Waals surface area contributed by atoms with Crippen LogP contribution in [0.1, 0.15) is 56.7 Å². The summed E-state index contributed by atoms with van der Waals surface area (Å²) < 4.78 is 30.9. The van der Waals surface area contributed by atoms with Crippen molar-refractivity contribution in [3.63, 3.8) is 0 Å². The first-order chi connectivity index (χ1) is 14.6. The van der Waals surface area contributed by atoms with Gasteiger partial charge in [-0.25, -0.2) is 4.79 Å². The highest BCUT2D eigenvalue weighted by Gasteiger charge is 2.40. The average molecular weight is 445 g/mol. The highest BCUT2D eigenvalue weighted by atomic mass is 35.5. The number of rotatable bonds is 7. The van der Waals surface area contributed by atoms with Gasteiger partial charge in [0.1, 0.15) is 6.10 Å². The average Bonchev–Trinajstić information content (AvgIpc) is 3.16. The minimum absolute atomic E-state index is 0.00878. The van der Waals surface area contributed by atoms with E-state index in [-0.39, 0.29) is 24.6 Å². The molecule has 3 aliphatic rings. The van der Waals surface area contributed by atoms with Gasteiger partial charge in [-0.1, -0.05) is 0 Å². The smallest absolute Gasteiger partial charge is 0.330 e. The molecule has 168 valence electrons. The summed E-state index contributed by atoms with van der Waals surface area (Å²) in [6.45, 7) is 1.70. The van der Waals surface area contributed by atoms with E-state index in [0.29, 0.717) is 31.8 Å². The number of halogens is 1. The molecule has 4 heterocycles. The lowest BCUT2D eigenvalue weighted by atomic mass is 10.1. The van der Waals surface area contributed by atoms with Crippen LogP contribution in [0.5, 0.6) is 0 Å². The molecule has 1 N–H and O–H groups in total. The van der Waals surface area contributed by atoms with Crippen LogP contribution in [0, 0.1) is 0 Å². The Morgan fingerprint density at radius 2 is 1.83 bits per heavy atom. The Bertz CT molecular complexity index is 801. The lowest BCUT2D eigenvalue weighted by Gasteiger charge is -2.28. The minimum atomic E-state index is -0.706. The second-order valence-electron chi connectivity index (χ2n) is 7.94. The van der Waals surface area contributed by atoms with E-state index in [9.17, 15) is 9.59 Å². The molecule has 10 heteroatoms. The van der Waals surface area contributed by atoms with Crippen LogP contribution in [0.25, 0.3) is 0 Å². The molecule has 0 saturated carbocycles. The summed E-state index contributed by atoms with van der Waals surface area (Å²) in [5, 5.41) is 0. The summed E-state index contributed by atoms with van der Waals surface area (Å²) in [7, 11) is 0. The summed E-state index contributed by atoms with van der Waals surface area (Å²) in [6, 6.07) is 0. The van der Waals surface area contributed by atoms with Crippen LogP contribution in [-0.2, 0) is 29.6 Å². The maximum Gasteiger partial charge on any atom is 0.330 e. The fourth-order valence-electron chi connectivity index (χ4n) is 4.07. The second kappa shape index (κ2) is 10.4. The van der Waals surface area contributed by atoms with Crippen LogP contribution in [0.3, 0.4) is 0 Å². The number of aromatic nitrogens is 2. The second-order valence-corrected chi connectivity index (χ2v) is 8.21. The van der Waals surface area contributed by atoms with Gasteiger partial charge in [-0.3, -0.25) is 14.3 Å². The van der Waals surface area contributed by atoms with Crippen LogP contribution in [-0.4, -0.2) is 54.2 Å². The molecule has 30 heavy (non-hydrogen) atoms. The number of H-pyrrole nitrogens is 1. The number of alkyl halides is 1. The van der Waals surface area contributed by atoms with Crippen LogP contribution in [0.2, 0.25) is 0 Å². The van der Waals surface area contributed by atoms with E-state index in [2.05, 4.69) is 4.98 Å². The zero-order valence-electron chi connectivity index (χ0n) is 16.9. The third kappa shape index (κ3) is 5.33. The van der Waals surface area contributed by atoms with Gasteiger partial charge in [-0.15, -0.1) is 11.6 Å². The molecule has 3 fully saturated rings. The predicted molar refractivity (Wildman–Crippen MR) is 107 cm³/mol. The SMILES string of the molecule is O=c1[nH]c(=O)n([C@@H]2O[C@H](COC3CCCCO3)CC2OC2CCCCO2)cc1CCl. The van der Waals surface area contributed by atoms with Crippen molar-refractivity contribution >= 4 is 11.6 Å². The van der Waals surface area contributed by atoms with E-state index < -0.39 is 23.6 Å². The molecule has 1 aromatic heterocycles. The first-order valence-corrected chi connectivity index (χ1v) is 11.2. The molecule has 9 nitrogen and oxygen atoms in total. The Hall–Kier alpha value is -1.23. The van der Waals surface area contributed by atoms with E-state index in [1.807, 2.05) is 0 Å². The third-order valence-electron chi connectivity index (χ3n) is 5.68. The van der Waals surface area contributed by atoms with Gasteiger partial charge in [-0.2, -0.15) is 0 Å². The fraction of sp³-hybridized carbons (Fsp3) is 0.800. The van der Waals surface area contributed by atoms with Gasteiger partial charge in [0.2, 0.25) is 0 Å². The van der Waals surface area contributed by atoms with Crippen LogP contribution in [0.4, 0.5) is 0 Å². The van der Waals surface area contributed by atoms with Crippen molar-refractivity contribution in [2.75, 3.05) is 19.8 Å². The molecule has 1 aromatic rings. The zero-order valence-corrected chi connectivity index (χ0v) is 17.7. The molecule has 0 bridgehead atoms. The Balaban J connectivity index is 1.49. The topological polar surface area (TPSA) is 101 Å². The van der Waals surface area contributed by atoms with Gasteiger partial charge < -0.3 is 23.7 Å². The van der Waals surface area contributed by atoms with Gasteiger partial charge in [0.15, 0.2) is 18.8 Å². The molecule has 0 aromatic carbocycles. The molecule has 5 atom stereocenters. The van der Waals surface area contributed by atoms with Gasteiger partial charge in [0.25, 0.3) is 5.56 Å². The largest absolute Gasteiger partial charge is 0.353 e. The maximum atomic E-state index is 12.5. The van der Waals surface area contributed by atoms with Crippen LogP contribution in [0.15, 0.2) is 15.8 Å². The molecular weight excluding hydrogens is 416 g/mol. The summed E-state index contributed by atoms with van der Waals surface area (Å²) in [5.74, 6) is -0.00878. The highest BCUT2D eigenvalue weighted by molar-refractivity contribution is 6.17. The van der Waals surface area contributed by atoms with Gasteiger partial charge >= 0.3 is 5.69 Å². The summed E-state index contributed by atoms with van der Waals surface area (Å²) in [5.41, 5.74) is -0.760. The quantitative estimate of drug-likeness (QED) is 0.642. The summed E-state index contributed by atoms with van der Waals surface area (Å²) in [4.78, 5) is 26.7. The summed E-state index contributed by atoms with van der Waals surface area (Å²) in [6.07, 6.45) is 5.89. The standard InChI is InChI=1S/C20H29ClN2O7/c21-10-13-11-23(20(25)22-18(13)24)19-15(30-17-6-2-4-8-27-17)9-14(29-19)12-28-16-5-1-3-7-26-16/h11,14-17,19H,1-10,12H2,(H,22,24,25)/t14-,15?,16?,17?,19+/m0/s1. The van der Waals surface area contributed by atoms with Crippen molar-refractivity contribution < 1.29 is 23.7 Å². The minimum Gasteiger partial charge on any atom is -0.353 e. The Labute approximate surface area is 179 Å². The molecule has 4 rings (SSSR count). The van der Waals surface area contributed by atoms with E-state index in [1.165, 1.54) is 10.8 Å². The molecule has 0 amide bonds. The van der Waals surface area contributed by atoms with Gasteiger partial charge in [0.05, 0.1) is 18.6 Å². The monoisotopic (exact) mass is 444 g/mol. The summed E-state index contributed by atoms with van der Waals surface area (Å²) >= 11 is 5.86. The van der Waals surface area contributed by atoms with Crippen LogP contribution < -0.4 is 11.2 Å². The normalized spacial score (nSPS) is 32.4. The van der Waals surface area contributed by atoms with Crippen molar-refractivity contribution in [3.8, 4) is 0 Å². The predicted octanol–water partition coefficient (Wildman–Crippen LogP) is 2.02. The number of nitrogens with zero attached hydrogens (tertiary/aromatic N) is 1. The van der Waals surface area contributed by atoms with Crippen molar-refractivity contribution in [3.05, 3.63) is 32.6 Å². The van der Waals surface area contributed by atoms with Crippen molar-refractivity contribution in [1.29, 1.82) is 0 Å². The molecule has 0 spiro atoms.